The van der Waals surface area contributed by atoms with Crippen LogP contribution >= 0.6 is 24.8 Å². The summed E-state index contributed by atoms with van der Waals surface area (Å²) in [6.45, 7) is 2.81. The van der Waals surface area contributed by atoms with Gasteiger partial charge in [-0.1, -0.05) is 0 Å². The van der Waals surface area contributed by atoms with Crippen LogP contribution in [-0.4, -0.2) is 24.5 Å². The van der Waals surface area contributed by atoms with Crippen LogP contribution in [0.5, 0.6) is 0 Å². The van der Waals surface area contributed by atoms with Gasteiger partial charge in [-0.05, 0) is 38.6 Å². The van der Waals surface area contributed by atoms with Crippen LogP contribution in [-0.2, 0) is 4.79 Å². The predicted molar refractivity (Wildman–Crippen MR) is 75.3 cm³/mol. The summed E-state index contributed by atoms with van der Waals surface area (Å²) < 4.78 is 0. The number of rotatable bonds is 5. The Hall–Kier alpha value is -0.840. The van der Waals surface area contributed by atoms with Gasteiger partial charge in [-0.2, -0.15) is 0 Å². The molecule has 4 nitrogen and oxygen atoms in total. The van der Waals surface area contributed by atoms with Crippen molar-refractivity contribution in [3.8, 4) is 0 Å². The van der Waals surface area contributed by atoms with Crippen LogP contribution in [0, 0.1) is 6.92 Å². The van der Waals surface area contributed by atoms with Gasteiger partial charge in [-0.15, -0.1) is 24.8 Å². The first-order chi connectivity index (χ1) is 7.24. The molecule has 17 heavy (non-hydrogen) atoms. The van der Waals surface area contributed by atoms with Gasteiger partial charge in [0.1, 0.15) is 0 Å². The monoisotopic (exact) mass is 279 g/mol. The number of amides is 1. The Morgan fingerprint density at radius 1 is 1.41 bits per heavy atom. The molecule has 0 aliphatic rings. The fourth-order valence-corrected chi connectivity index (χ4v) is 1.23. The third-order valence-electron chi connectivity index (χ3n) is 2.14. The highest BCUT2D eigenvalue weighted by molar-refractivity contribution is 5.91. The van der Waals surface area contributed by atoms with E-state index in [2.05, 4.69) is 15.6 Å². The number of nitrogens with zero attached hydrogens (tertiary/aromatic N) is 1. The van der Waals surface area contributed by atoms with Gasteiger partial charge in [-0.3, -0.25) is 9.78 Å². The number of carbonyl (C=O) groups excluding carboxylic acids is 1. The molecule has 0 spiro atoms. The van der Waals surface area contributed by atoms with Crippen molar-refractivity contribution in [1.29, 1.82) is 0 Å². The van der Waals surface area contributed by atoms with E-state index in [9.17, 15) is 4.79 Å². The number of pyridine rings is 1. The Labute approximate surface area is 114 Å². The standard InChI is InChI=1S/C11H17N3O.2ClH/c1-9-5-7-13-8-10(9)14-11(15)4-3-6-12-2;;/h5,7-8,12H,3-4,6H2,1-2H3,(H,14,15);2*1H. The molecule has 1 aromatic rings. The van der Waals surface area contributed by atoms with Crippen LogP contribution < -0.4 is 10.6 Å². The number of nitrogens with one attached hydrogen (secondary N) is 2. The number of aromatic nitrogens is 1. The Morgan fingerprint density at radius 2 is 2.12 bits per heavy atom. The number of anilines is 1. The van der Waals surface area contributed by atoms with Gasteiger partial charge in [0.2, 0.25) is 5.91 Å². The maximum absolute atomic E-state index is 11.5. The molecule has 0 aliphatic heterocycles. The summed E-state index contributed by atoms with van der Waals surface area (Å²) in [6, 6.07) is 1.88. The highest BCUT2D eigenvalue weighted by Gasteiger charge is 2.03. The van der Waals surface area contributed by atoms with Gasteiger partial charge >= 0.3 is 0 Å². The van der Waals surface area contributed by atoms with E-state index in [0.29, 0.717) is 6.42 Å². The van der Waals surface area contributed by atoms with Gasteiger partial charge in [-0.25, -0.2) is 0 Å². The average molecular weight is 280 g/mol. The van der Waals surface area contributed by atoms with Gasteiger partial charge in [0, 0.05) is 12.6 Å². The van der Waals surface area contributed by atoms with E-state index < -0.39 is 0 Å². The summed E-state index contributed by atoms with van der Waals surface area (Å²) >= 11 is 0. The van der Waals surface area contributed by atoms with Crippen LogP contribution in [0.1, 0.15) is 18.4 Å². The van der Waals surface area contributed by atoms with Gasteiger partial charge in [0.15, 0.2) is 0 Å². The molecule has 1 amide bonds. The molecule has 0 saturated heterocycles. The Morgan fingerprint density at radius 3 is 2.71 bits per heavy atom. The minimum Gasteiger partial charge on any atom is -0.325 e. The maximum Gasteiger partial charge on any atom is 0.224 e. The van der Waals surface area contributed by atoms with Crippen molar-refractivity contribution in [2.45, 2.75) is 19.8 Å². The van der Waals surface area contributed by atoms with Gasteiger partial charge in [0.05, 0.1) is 11.9 Å². The second kappa shape index (κ2) is 10.3. The molecule has 1 aromatic heterocycles. The third-order valence-corrected chi connectivity index (χ3v) is 2.14. The fraction of sp³-hybridized carbons (Fsp3) is 0.455. The molecular formula is C11H19Cl2N3O. The van der Waals surface area contributed by atoms with E-state index in [4.69, 9.17) is 0 Å². The second-order valence-electron chi connectivity index (χ2n) is 3.45. The highest BCUT2D eigenvalue weighted by Crippen LogP contribution is 2.11. The number of halogens is 2. The minimum atomic E-state index is 0. The SMILES string of the molecule is CNCCCC(=O)Nc1cnccc1C.Cl.Cl. The topological polar surface area (TPSA) is 54.0 Å². The lowest BCUT2D eigenvalue weighted by molar-refractivity contribution is -0.116. The molecule has 98 valence electrons. The minimum absolute atomic E-state index is 0. The lowest BCUT2D eigenvalue weighted by Crippen LogP contribution is -2.15. The van der Waals surface area contributed by atoms with E-state index in [1.54, 1.807) is 12.4 Å². The Balaban J connectivity index is 0. The first kappa shape index (κ1) is 18.5. The fourth-order valence-electron chi connectivity index (χ4n) is 1.23. The second-order valence-corrected chi connectivity index (χ2v) is 3.45. The summed E-state index contributed by atoms with van der Waals surface area (Å²) in [4.78, 5) is 15.4. The number of hydrogen-bond donors (Lipinski definition) is 2. The maximum atomic E-state index is 11.5. The van der Waals surface area contributed by atoms with Crippen LogP contribution in [0.25, 0.3) is 0 Å². The molecule has 0 radical (unpaired) electrons. The van der Waals surface area contributed by atoms with Crippen LogP contribution in [0.4, 0.5) is 5.69 Å². The summed E-state index contributed by atoms with van der Waals surface area (Å²) in [5, 5.41) is 5.85. The quantitative estimate of drug-likeness (QED) is 0.813. The lowest BCUT2D eigenvalue weighted by Gasteiger charge is -2.06. The molecule has 0 unspecified atom stereocenters. The van der Waals surface area contributed by atoms with Crippen molar-refractivity contribution >= 4 is 36.4 Å². The zero-order valence-corrected chi connectivity index (χ0v) is 11.7. The summed E-state index contributed by atoms with van der Waals surface area (Å²) in [7, 11) is 1.88. The third kappa shape index (κ3) is 7.15. The van der Waals surface area contributed by atoms with E-state index in [1.807, 2.05) is 20.0 Å². The van der Waals surface area contributed by atoms with Crippen molar-refractivity contribution in [2.75, 3.05) is 18.9 Å². The summed E-state index contributed by atoms with van der Waals surface area (Å²) in [5.74, 6) is 0.0429. The van der Waals surface area contributed by atoms with Crippen molar-refractivity contribution in [2.24, 2.45) is 0 Å². The summed E-state index contributed by atoms with van der Waals surface area (Å²) in [5.41, 5.74) is 1.83. The smallest absolute Gasteiger partial charge is 0.224 e. The first-order valence-corrected chi connectivity index (χ1v) is 5.09. The Bertz CT molecular complexity index is 334. The van der Waals surface area contributed by atoms with Gasteiger partial charge in [0.25, 0.3) is 0 Å². The molecule has 0 bridgehead atoms. The normalized spacial score (nSPS) is 8.82. The van der Waals surface area contributed by atoms with Crippen molar-refractivity contribution in [1.82, 2.24) is 10.3 Å². The van der Waals surface area contributed by atoms with Crippen molar-refractivity contribution in [3.05, 3.63) is 24.0 Å². The molecule has 1 rings (SSSR count). The molecule has 0 fully saturated rings. The van der Waals surface area contributed by atoms with Crippen molar-refractivity contribution < 1.29 is 4.79 Å². The molecule has 2 N–H and O–H groups in total. The Kier molecular flexibility index (Phi) is 11.2. The predicted octanol–water partition coefficient (Wildman–Crippen LogP) is 2.17. The first-order valence-electron chi connectivity index (χ1n) is 5.09. The zero-order chi connectivity index (χ0) is 11.1. The lowest BCUT2D eigenvalue weighted by atomic mass is 10.2. The molecule has 6 heteroatoms. The zero-order valence-electron chi connectivity index (χ0n) is 10.0. The molecule has 0 aromatic carbocycles. The van der Waals surface area contributed by atoms with Gasteiger partial charge < -0.3 is 10.6 Å². The van der Waals surface area contributed by atoms with E-state index in [1.165, 1.54) is 0 Å². The van der Waals surface area contributed by atoms with Crippen LogP contribution in [0.15, 0.2) is 18.5 Å². The molecule has 1 heterocycles. The van der Waals surface area contributed by atoms with E-state index in [-0.39, 0.29) is 30.7 Å². The largest absolute Gasteiger partial charge is 0.325 e. The van der Waals surface area contributed by atoms with Crippen LogP contribution in [0.2, 0.25) is 0 Å². The molecule has 0 atom stereocenters. The summed E-state index contributed by atoms with van der Waals surface area (Å²) in [6.07, 6.45) is 4.77. The van der Waals surface area contributed by atoms with Crippen molar-refractivity contribution in [3.63, 3.8) is 0 Å². The highest BCUT2D eigenvalue weighted by atomic mass is 35.5. The number of aryl methyl sites for hydroxylation is 1. The molecular weight excluding hydrogens is 261 g/mol. The van der Waals surface area contributed by atoms with E-state index in [0.717, 1.165) is 24.2 Å². The van der Waals surface area contributed by atoms with Crippen LogP contribution in [0.3, 0.4) is 0 Å². The molecule has 0 saturated carbocycles. The number of hydrogen-bond acceptors (Lipinski definition) is 3. The average Bonchev–Trinajstić information content (AvgIpc) is 2.22. The molecule has 0 aliphatic carbocycles. The van der Waals surface area contributed by atoms with E-state index >= 15 is 0 Å². The number of carbonyl (C=O) groups is 1.